The number of hydrogen-bond acceptors (Lipinski definition) is 18. The van der Waals surface area contributed by atoms with E-state index >= 15 is 0 Å². The van der Waals surface area contributed by atoms with Gasteiger partial charge < -0.3 is 8.83 Å². The summed E-state index contributed by atoms with van der Waals surface area (Å²) in [7, 11) is 0. The molecule has 0 aliphatic carbocycles. The third kappa shape index (κ3) is 12.5. The lowest BCUT2D eigenvalue weighted by Gasteiger charge is -2.11. The number of rotatable bonds is 0. The molecular formula is C124H66N14O2S2. The third-order valence-electron chi connectivity index (χ3n) is 28.2. The van der Waals surface area contributed by atoms with Crippen molar-refractivity contribution in [1.82, 2.24) is 69.8 Å². The highest BCUT2D eigenvalue weighted by Crippen LogP contribution is 2.48. The van der Waals surface area contributed by atoms with Gasteiger partial charge in [0.25, 0.3) is 0 Å². The summed E-state index contributed by atoms with van der Waals surface area (Å²) in [6.45, 7) is 0. The predicted molar refractivity (Wildman–Crippen MR) is 589 cm³/mol. The van der Waals surface area contributed by atoms with Crippen LogP contribution >= 0.6 is 22.7 Å². The summed E-state index contributed by atoms with van der Waals surface area (Å²) < 4.78 is 17.6. The molecule has 11 heterocycles. The van der Waals surface area contributed by atoms with Crippen molar-refractivity contribution >= 4 is 335 Å². The van der Waals surface area contributed by atoms with Crippen LogP contribution in [-0.4, -0.2) is 69.8 Å². The van der Waals surface area contributed by atoms with Gasteiger partial charge in [0, 0.05) is 190 Å². The van der Waals surface area contributed by atoms with Crippen LogP contribution in [0.15, 0.2) is 411 Å². The molecule has 0 spiro atoms. The molecule has 0 radical (unpaired) electrons. The molecule has 16 nitrogen and oxygen atoms in total. The molecule has 142 heavy (non-hydrogen) atoms. The van der Waals surface area contributed by atoms with Crippen LogP contribution in [0, 0.1) is 0 Å². The molecule has 23 aromatic carbocycles. The largest absolute Gasteiger partial charge is 0.456 e. The second kappa shape index (κ2) is 31.3. The van der Waals surface area contributed by atoms with Gasteiger partial charge in [-0.1, -0.05) is 194 Å². The minimum absolute atomic E-state index is 0.507. The number of aromatic nitrogens is 14. The van der Waals surface area contributed by atoms with Crippen LogP contribution < -0.4 is 0 Å². The van der Waals surface area contributed by atoms with Crippen LogP contribution in [-0.2, 0) is 0 Å². The summed E-state index contributed by atoms with van der Waals surface area (Å²) in [5, 5.41) is 42.6. The third-order valence-corrected chi connectivity index (χ3v) is 30.5. The quantitative estimate of drug-likeness (QED) is 0.102. The molecule has 0 amide bonds. The normalized spacial score (nSPS) is 12.1. The fourth-order valence-electron chi connectivity index (χ4n) is 21.8. The van der Waals surface area contributed by atoms with Crippen molar-refractivity contribution in [3.05, 3.63) is 402 Å². The van der Waals surface area contributed by atoms with E-state index in [0.717, 1.165) is 158 Å². The topological polar surface area (TPSA) is 207 Å². The molecule has 0 aliphatic rings. The van der Waals surface area contributed by atoms with Crippen LogP contribution in [0.25, 0.3) is 313 Å². The van der Waals surface area contributed by atoms with Crippen molar-refractivity contribution in [1.29, 1.82) is 0 Å². The van der Waals surface area contributed by atoms with Crippen LogP contribution in [0.4, 0.5) is 0 Å². The Hall–Kier alpha value is -18.9. The van der Waals surface area contributed by atoms with E-state index in [-0.39, 0.29) is 0 Å². The summed E-state index contributed by atoms with van der Waals surface area (Å²) >= 11 is 3.70. The average Bonchev–Trinajstić information content (AvgIpc) is 1.48. The van der Waals surface area contributed by atoms with Crippen molar-refractivity contribution in [3.63, 3.8) is 0 Å². The van der Waals surface area contributed by atoms with E-state index in [0.29, 0.717) is 16.8 Å². The molecule has 0 atom stereocenters. The summed E-state index contributed by atoms with van der Waals surface area (Å²) in [5.41, 5.74) is 15.2. The van der Waals surface area contributed by atoms with Crippen molar-refractivity contribution in [3.8, 4) is 0 Å². The Labute approximate surface area is 809 Å². The Kier molecular flexibility index (Phi) is 17.5. The van der Waals surface area contributed by atoms with Crippen molar-refractivity contribution in [2.24, 2.45) is 0 Å². The smallest absolute Gasteiger partial charge is 0.198 e. The molecular weight excluding hydrogens is 1780 g/mol. The molecule has 0 saturated heterocycles. The highest BCUT2D eigenvalue weighted by atomic mass is 32.1. The van der Waals surface area contributed by atoms with Gasteiger partial charge in [-0.05, 0) is 230 Å². The predicted octanol–water partition coefficient (Wildman–Crippen LogP) is 32.7. The second-order valence-corrected chi connectivity index (χ2v) is 38.3. The van der Waals surface area contributed by atoms with Gasteiger partial charge in [0.2, 0.25) is 0 Å². The van der Waals surface area contributed by atoms with Crippen molar-refractivity contribution < 1.29 is 8.83 Å². The summed E-state index contributed by atoms with van der Waals surface area (Å²) in [6.07, 6.45) is 20.9. The Morgan fingerprint density at radius 3 is 0.725 bits per heavy atom. The van der Waals surface area contributed by atoms with Gasteiger partial charge in [-0.15, -0.1) is 22.7 Å². The number of fused-ring (bicyclic) bond motifs is 48. The van der Waals surface area contributed by atoms with Crippen LogP contribution in [0.5, 0.6) is 0 Å². The van der Waals surface area contributed by atoms with E-state index in [9.17, 15) is 0 Å². The van der Waals surface area contributed by atoms with Gasteiger partial charge >= 0.3 is 0 Å². The van der Waals surface area contributed by atoms with Gasteiger partial charge in [0.1, 0.15) is 38.9 Å². The fraction of sp³-hybridized carbons (Fsp3) is 0. The Morgan fingerprint density at radius 1 is 0.134 bits per heavy atom. The monoisotopic (exact) mass is 1850 g/mol. The molecule has 34 aromatic rings. The highest BCUT2D eigenvalue weighted by Gasteiger charge is 2.24. The minimum atomic E-state index is 0.507. The fourth-order valence-corrected chi connectivity index (χ4v) is 24.1. The van der Waals surface area contributed by atoms with Crippen LogP contribution in [0.3, 0.4) is 0 Å². The number of benzene rings is 23. The second-order valence-electron chi connectivity index (χ2n) is 36.1. The van der Waals surface area contributed by atoms with Crippen LogP contribution in [0.2, 0.25) is 0 Å². The van der Waals surface area contributed by atoms with E-state index in [4.69, 9.17) is 58.7 Å². The maximum absolute atomic E-state index is 6.17. The standard InChI is InChI=1S/2C26H14N2O.2C26H14N2S.C20H10N6/c1-2-6-16-12-21-18(11-15(16)5-1)19-14-24-20(17-7-3-4-8-23(17)29-24)13-22(19)26-25(21)27-9-10-28-26;1-2-6-16-12-21-18(11-15(16)5-1)19-13-20-17-7-3-4-8-23(17)29-24(20)14-22(19)26-25(21)27-9-10-28-26;1-2-6-16-12-21-18(11-15(16)5-1)19-14-24-20(17-7-3-4-8-23(17)29-24)13-22(19)26-25(21)27-9-10-28-26;1-2-6-16-12-21-18(11-15(16)5-1)19-13-20-17-7-3-4-8-23(17)29-24(20)14-22(19)26-25(21)27-9-10-28-26;1-2-4-12-10-14-13(9-11(12)3-1)15-17(22-6-5-21-15)18-16(14)25-19-20(26-18)24-8-7-23-19/h4*1-14H;1-10H. The van der Waals surface area contributed by atoms with Crippen LogP contribution in [0.1, 0.15) is 0 Å². The summed E-state index contributed by atoms with van der Waals surface area (Å²) in [5.74, 6) is 0. The van der Waals surface area contributed by atoms with Gasteiger partial charge in [-0.2, -0.15) is 0 Å². The van der Waals surface area contributed by atoms with E-state index in [2.05, 4.69) is 305 Å². The van der Waals surface area contributed by atoms with Gasteiger partial charge in [0.05, 0.1) is 49.7 Å². The number of nitrogens with zero attached hydrogens (tertiary/aromatic N) is 14. The number of thiophene rings is 2. The van der Waals surface area contributed by atoms with Gasteiger partial charge in [-0.3, -0.25) is 49.8 Å². The van der Waals surface area contributed by atoms with E-state index < -0.39 is 0 Å². The lowest BCUT2D eigenvalue weighted by molar-refractivity contribution is 0.669. The molecule has 0 N–H and O–H groups in total. The summed E-state index contributed by atoms with van der Waals surface area (Å²) in [6, 6.07) is 116. The minimum Gasteiger partial charge on any atom is -0.456 e. The number of furan rings is 2. The molecule has 0 fully saturated rings. The molecule has 0 aliphatic heterocycles. The molecule has 34 rings (SSSR count). The molecule has 0 bridgehead atoms. The Bertz CT molecular complexity index is 10900. The first kappa shape index (κ1) is 79.3. The maximum atomic E-state index is 6.17. The number of hydrogen-bond donors (Lipinski definition) is 0. The average molecular weight is 1850 g/mol. The first-order valence-electron chi connectivity index (χ1n) is 46.9. The van der Waals surface area contributed by atoms with E-state index in [1.54, 1.807) is 74.4 Å². The van der Waals surface area contributed by atoms with Gasteiger partial charge in [-0.25, -0.2) is 19.9 Å². The summed E-state index contributed by atoms with van der Waals surface area (Å²) in [4.78, 5) is 64.9. The molecule has 0 saturated carbocycles. The first-order valence-corrected chi connectivity index (χ1v) is 48.5. The van der Waals surface area contributed by atoms with E-state index in [1.807, 2.05) is 65.1 Å². The zero-order valence-corrected chi connectivity index (χ0v) is 76.6. The maximum Gasteiger partial charge on any atom is 0.198 e. The highest BCUT2D eigenvalue weighted by molar-refractivity contribution is 7.26. The van der Waals surface area contributed by atoms with Crippen molar-refractivity contribution in [2.75, 3.05) is 0 Å². The lowest BCUT2D eigenvalue weighted by Crippen LogP contribution is -1.96. The zero-order chi connectivity index (χ0) is 92.9. The Balaban J connectivity index is 0.0000000831. The Morgan fingerprint density at radius 2 is 0.352 bits per heavy atom. The molecule has 18 heteroatoms. The number of para-hydroxylation sites is 2. The first-order chi connectivity index (χ1) is 70.3. The van der Waals surface area contributed by atoms with Crippen molar-refractivity contribution in [2.45, 2.75) is 0 Å². The molecule has 0 unspecified atom stereocenters. The lowest BCUT2D eigenvalue weighted by atomic mass is 9.95. The molecule has 11 aromatic heterocycles. The van der Waals surface area contributed by atoms with Gasteiger partial charge in [0.15, 0.2) is 11.3 Å². The van der Waals surface area contributed by atoms with E-state index in [1.165, 1.54) is 137 Å². The zero-order valence-electron chi connectivity index (χ0n) is 75.0. The molecule has 656 valence electrons. The SMILES string of the molecule is c1ccc2cc3c(cc2c1)c1cc2c(cc1c1nccnc31)oc1ccccc12.c1ccc2cc3c(cc2c1)c1cc2c(cc1c1nccnc31)sc1ccccc12.c1ccc2cc3c(cc2c1)c1cc2oc4ccccc4c2cc1c1nccnc31.c1ccc2cc3c(cc2c1)c1cc2sc4ccccc4c2cc1c1nccnc31.c1ccc2cc3c(cc2c1)c1nccnc1c1nc2nccnc2nc31.